The zero-order chi connectivity index (χ0) is 12.7. The highest BCUT2D eigenvalue weighted by molar-refractivity contribution is 6.04. The number of rotatable bonds is 2. The minimum atomic E-state index is -0.242. The van der Waals surface area contributed by atoms with Crippen molar-refractivity contribution in [2.45, 2.75) is 20.0 Å². The molecule has 0 radical (unpaired) electrons. The number of aromatic nitrogens is 1. The third-order valence-corrected chi connectivity index (χ3v) is 3.44. The first-order valence-corrected chi connectivity index (χ1v) is 6.19. The predicted octanol–water partition coefficient (Wildman–Crippen LogP) is 1.96. The van der Waals surface area contributed by atoms with Crippen molar-refractivity contribution in [3.05, 3.63) is 35.0 Å². The van der Waals surface area contributed by atoms with E-state index < -0.39 is 0 Å². The van der Waals surface area contributed by atoms with E-state index in [0.29, 0.717) is 12.2 Å². The number of esters is 1. The Kier molecular flexibility index (Phi) is 2.59. The monoisotopic (exact) mass is 244 g/mol. The van der Waals surface area contributed by atoms with Gasteiger partial charge in [-0.1, -0.05) is 0 Å². The fraction of sp³-hybridized carbons (Fsp3) is 0.357. The van der Waals surface area contributed by atoms with Crippen LogP contribution in [-0.4, -0.2) is 17.1 Å². The molecule has 0 atom stereocenters. The zero-order valence-corrected chi connectivity index (χ0v) is 10.6. The van der Waals surface area contributed by atoms with Crippen molar-refractivity contribution < 1.29 is 9.53 Å². The lowest BCUT2D eigenvalue weighted by molar-refractivity contribution is 0.0528. The summed E-state index contributed by atoms with van der Waals surface area (Å²) in [6, 6.07) is 4.27. The second-order valence-corrected chi connectivity index (χ2v) is 4.62. The van der Waals surface area contributed by atoms with Gasteiger partial charge in [0.25, 0.3) is 0 Å². The molecule has 0 saturated carbocycles. The molecule has 2 heterocycles. The molecule has 0 spiro atoms. The number of carbonyl (C=O) groups is 1. The number of carbonyl (C=O) groups excluding carboxylic acids is 1. The fourth-order valence-electron chi connectivity index (χ4n) is 2.55. The van der Waals surface area contributed by atoms with Gasteiger partial charge in [-0.25, -0.2) is 4.79 Å². The highest BCUT2D eigenvalue weighted by atomic mass is 16.5. The Labute approximate surface area is 106 Å². The minimum absolute atomic E-state index is 0.242. The minimum Gasteiger partial charge on any atom is -0.462 e. The summed E-state index contributed by atoms with van der Waals surface area (Å²) in [6.07, 6.45) is 1.85. The molecular formula is C14H16N2O2. The second kappa shape index (κ2) is 4.14. The Hall–Kier alpha value is -1.81. The quantitative estimate of drug-likeness (QED) is 0.821. The Bertz CT molecular complexity index is 628. The van der Waals surface area contributed by atoms with Crippen LogP contribution in [0.25, 0.3) is 10.9 Å². The maximum Gasteiger partial charge on any atom is 0.340 e. The largest absolute Gasteiger partial charge is 0.462 e. The lowest BCUT2D eigenvalue weighted by atomic mass is 10.1. The number of nitrogens with zero attached hydrogens (tertiary/aromatic N) is 1. The molecule has 18 heavy (non-hydrogen) atoms. The van der Waals surface area contributed by atoms with E-state index >= 15 is 0 Å². The Morgan fingerprint density at radius 2 is 2.11 bits per heavy atom. The van der Waals surface area contributed by atoms with Crippen LogP contribution in [0.4, 0.5) is 0 Å². The number of ether oxygens (including phenoxy) is 1. The molecule has 0 saturated heterocycles. The molecule has 1 N–H and O–H groups in total. The number of nitrogens with one attached hydrogen (secondary N) is 1. The van der Waals surface area contributed by atoms with E-state index in [4.69, 9.17) is 4.74 Å². The number of aryl methyl sites for hydroxylation is 1. The zero-order valence-electron chi connectivity index (χ0n) is 10.6. The van der Waals surface area contributed by atoms with E-state index in [-0.39, 0.29) is 5.97 Å². The number of hydrogen-bond acceptors (Lipinski definition) is 3. The number of benzene rings is 1. The molecule has 0 aliphatic carbocycles. The van der Waals surface area contributed by atoms with Crippen LogP contribution in [-0.2, 0) is 24.9 Å². The van der Waals surface area contributed by atoms with Crippen LogP contribution in [0, 0.1) is 0 Å². The Balaban J connectivity index is 2.19. The van der Waals surface area contributed by atoms with Gasteiger partial charge in [0.15, 0.2) is 0 Å². The molecule has 1 aromatic heterocycles. The molecule has 94 valence electrons. The summed E-state index contributed by atoms with van der Waals surface area (Å²) in [5, 5.41) is 4.30. The van der Waals surface area contributed by atoms with Gasteiger partial charge in [0, 0.05) is 37.2 Å². The first kappa shape index (κ1) is 11.3. The van der Waals surface area contributed by atoms with Crippen LogP contribution in [0.15, 0.2) is 18.3 Å². The summed E-state index contributed by atoms with van der Waals surface area (Å²) in [4.78, 5) is 11.9. The Morgan fingerprint density at radius 3 is 2.83 bits per heavy atom. The third kappa shape index (κ3) is 1.61. The molecule has 3 rings (SSSR count). The molecule has 2 aromatic rings. The molecule has 0 unspecified atom stereocenters. The smallest absolute Gasteiger partial charge is 0.340 e. The molecule has 4 heteroatoms. The highest BCUT2D eigenvalue weighted by Gasteiger charge is 2.18. The lowest BCUT2D eigenvalue weighted by Gasteiger charge is -2.02. The summed E-state index contributed by atoms with van der Waals surface area (Å²) >= 11 is 0. The van der Waals surface area contributed by atoms with E-state index in [1.807, 2.05) is 24.7 Å². The van der Waals surface area contributed by atoms with Crippen molar-refractivity contribution in [2.24, 2.45) is 7.05 Å². The van der Waals surface area contributed by atoms with E-state index in [2.05, 4.69) is 17.4 Å². The summed E-state index contributed by atoms with van der Waals surface area (Å²) in [5.41, 5.74) is 4.34. The van der Waals surface area contributed by atoms with Crippen molar-refractivity contribution >= 4 is 16.9 Å². The van der Waals surface area contributed by atoms with Gasteiger partial charge in [0.05, 0.1) is 12.2 Å². The topological polar surface area (TPSA) is 43.3 Å². The van der Waals surface area contributed by atoms with Gasteiger partial charge < -0.3 is 14.6 Å². The molecule has 1 aliphatic rings. The highest BCUT2D eigenvalue weighted by Crippen LogP contribution is 2.27. The normalized spacial score (nSPS) is 13.9. The SMILES string of the molecule is CCOC(=O)c1cn(C)c2cc3c(cc12)CNC3. The Morgan fingerprint density at radius 1 is 1.39 bits per heavy atom. The van der Waals surface area contributed by atoms with Gasteiger partial charge in [-0.05, 0) is 30.2 Å². The van der Waals surface area contributed by atoms with Crippen LogP contribution in [0.5, 0.6) is 0 Å². The molecular weight excluding hydrogens is 228 g/mol. The molecule has 0 fully saturated rings. The summed E-state index contributed by atoms with van der Waals surface area (Å²) in [7, 11) is 1.96. The lowest BCUT2D eigenvalue weighted by Crippen LogP contribution is -2.03. The van der Waals surface area contributed by atoms with E-state index in [0.717, 1.165) is 24.0 Å². The van der Waals surface area contributed by atoms with Crippen LogP contribution in [0.3, 0.4) is 0 Å². The average molecular weight is 244 g/mol. The van der Waals surface area contributed by atoms with Gasteiger partial charge >= 0.3 is 5.97 Å². The van der Waals surface area contributed by atoms with Crippen LogP contribution < -0.4 is 5.32 Å². The first-order valence-electron chi connectivity index (χ1n) is 6.19. The van der Waals surface area contributed by atoms with Crippen molar-refractivity contribution in [3.63, 3.8) is 0 Å². The van der Waals surface area contributed by atoms with Crippen LogP contribution in [0.2, 0.25) is 0 Å². The molecule has 0 amide bonds. The first-order chi connectivity index (χ1) is 8.70. The fourth-order valence-corrected chi connectivity index (χ4v) is 2.55. The summed E-state index contributed by atoms with van der Waals surface area (Å²) < 4.78 is 7.09. The van der Waals surface area contributed by atoms with Crippen LogP contribution in [0.1, 0.15) is 28.4 Å². The second-order valence-electron chi connectivity index (χ2n) is 4.62. The predicted molar refractivity (Wildman–Crippen MR) is 69.4 cm³/mol. The van der Waals surface area contributed by atoms with E-state index in [9.17, 15) is 4.79 Å². The van der Waals surface area contributed by atoms with Crippen molar-refractivity contribution in [2.75, 3.05) is 6.61 Å². The van der Waals surface area contributed by atoms with Crippen molar-refractivity contribution in [3.8, 4) is 0 Å². The van der Waals surface area contributed by atoms with Crippen molar-refractivity contribution in [1.29, 1.82) is 0 Å². The summed E-state index contributed by atoms with van der Waals surface area (Å²) in [6.45, 7) is 4.01. The molecule has 4 nitrogen and oxygen atoms in total. The van der Waals surface area contributed by atoms with E-state index in [1.54, 1.807) is 0 Å². The summed E-state index contributed by atoms with van der Waals surface area (Å²) in [5.74, 6) is -0.242. The van der Waals surface area contributed by atoms with Gasteiger partial charge in [-0.2, -0.15) is 0 Å². The number of hydrogen-bond donors (Lipinski definition) is 1. The molecule has 1 aliphatic heterocycles. The average Bonchev–Trinajstić information content (AvgIpc) is 2.92. The standard InChI is InChI=1S/C14H16N2O2/c1-3-18-14(17)12-8-16(2)13-5-10-7-15-6-9(10)4-11(12)13/h4-5,8,15H,3,6-7H2,1-2H3. The number of fused-ring (bicyclic) bond motifs is 2. The third-order valence-electron chi connectivity index (χ3n) is 3.44. The maximum absolute atomic E-state index is 11.9. The van der Waals surface area contributed by atoms with Crippen molar-refractivity contribution in [1.82, 2.24) is 9.88 Å². The maximum atomic E-state index is 11.9. The molecule has 1 aromatic carbocycles. The van der Waals surface area contributed by atoms with Crippen LogP contribution >= 0.6 is 0 Å². The van der Waals surface area contributed by atoms with Gasteiger partial charge in [0.2, 0.25) is 0 Å². The molecule has 0 bridgehead atoms. The van der Waals surface area contributed by atoms with Gasteiger partial charge in [-0.3, -0.25) is 0 Å². The van der Waals surface area contributed by atoms with E-state index in [1.165, 1.54) is 11.1 Å². The van der Waals surface area contributed by atoms with Gasteiger partial charge in [-0.15, -0.1) is 0 Å². The van der Waals surface area contributed by atoms with Gasteiger partial charge in [0.1, 0.15) is 0 Å².